The Labute approximate surface area is 126 Å². The summed E-state index contributed by atoms with van der Waals surface area (Å²) in [4.78, 5) is 31.9. The van der Waals surface area contributed by atoms with E-state index < -0.39 is 4.84 Å². The summed E-state index contributed by atoms with van der Waals surface area (Å²) in [5, 5.41) is 2.88. The summed E-state index contributed by atoms with van der Waals surface area (Å²) in [7, 11) is 0. The quantitative estimate of drug-likeness (QED) is 0.844. The lowest BCUT2D eigenvalue weighted by Crippen LogP contribution is -2.47. The van der Waals surface area contributed by atoms with Crippen LogP contribution < -0.4 is 5.32 Å². The van der Waals surface area contributed by atoms with E-state index >= 15 is 0 Å². The topological polar surface area (TPSA) is 75.2 Å². The van der Waals surface area contributed by atoms with Gasteiger partial charge in [0, 0.05) is 31.5 Å². The minimum Gasteiger partial charge on any atom is -0.348 e. The first-order valence-electron chi connectivity index (χ1n) is 6.21. The molecule has 0 aromatic carbocycles. The fourth-order valence-corrected chi connectivity index (χ4v) is 2.33. The van der Waals surface area contributed by atoms with Crippen LogP contribution in [0.15, 0.2) is 18.6 Å². The van der Waals surface area contributed by atoms with Crippen LogP contribution in [0.3, 0.4) is 0 Å². The molecule has 1 aliphatic rings. The van der Waals surface area contributed by atoms with Gasteiger partial charge in [0.25, 0.3) is 11.8 Å². The van der Waals surface area contributed by atoms with E-state index in [4.69, 9.17) is 23.2 Å². The molecule has 0 saturated carbocycles. The lowest BCUT2D eigenvalue weighted by Gasteiger charge is -2.32. The van der Waals surface area contributed by atoms with E-state index in [1.165, 1.54) is 18.6 Å². The third-order valence-corrected chi connectivity index (χ3v) is 3.50. The first-order chi connectivity index (χ1) is 9.58. The molecule has 1 N–H and O–H groups in total. The van der Waals surface area contributed by atoms with Gasteiger partial charge < -0.3 is 10.2 Å². The van der Waals surface area contributed by atoms with Crippen LogP contribution in [-0.4, -0.2) is 50.6 Å². The molecule has 1 aromatic rings. The molecule has 0 bridgehead atoms. The lowest BCUT2D eigenvalue weighted by molar-refractivity contribution is -0.130. The molecule has 8 heteroatoms. The van der Waals surface area contributed by atoms with E-state index in [9.17, 15) is 9.59 Å². The van der Waals surface area contributed by atoms with Gasteiger partial charge in [-0.3, -0.25) is 14.6 Å². The van der Waals surface area contributed by atoms with Gasteiger partial charge in [0.2, 0.25) is 0 Å². The number of carbonyl (C=O) groups excluding carboxylic acids is 2. The lowest BCUT2D eigenvalue weighted by atomic mass is 10.0. The number of halogens is 2. The van der Waals surface area contributed by atoms with Crippen molar-refractivity contribution < 1.29 is 9.59 Å². The van der Waals surface area contributed by atoms with E-state index in [0.29, 0.717) is 25.9 Å². The van der Waals surface area contributed by atoms with E-state index in [-0.39, 0.29) is 23.6 Å². The summed E-state index contributed by atoms with van der Waals surface area (Å²) < 4.78 is 0. The summed E-state index contributed by atoms with van der Waals surface area (Å²) in [6, 6.07) is 0.0117. The Morgan fingerprint density at radius 3 is 2.55 bits per heavy atom. The predicted octanol–water partition coefficient (Wildman–Crippen LogP) is 1.00. The molecule has 0 atom stereocenters. The van der Waals surface area contributed by atoms with E-state index in [0.717, 1.165) is 0 Å². The second-order valence-electron chi connectivity index (χ2n) is 4.46. The number of alkyl halides is 2. The Balaban J connectivity index is 1.83. The highest BCUT2D eigenvalue weighted by atomic mass is 35.5. The van der Waals surface area contributed by atoms with Gasteiger partial charge >= 0.3 is 0 Å². The largest absolute Gasteiger partial charge is 0.348 e. The number of hydrogen-bond acceptors (Lipinski definition) is 4. The molecule has 20 heavy (non-hydrogen) atoms. The van der Waals surface area contributed by atoms with Gasteiger partial charge in [0.05, 0.1) is 6.20 Å². The van der Waals surface area contributed by atoms with Gasteiger partial charge in [-0.25, -0.2) is 4.98 Å². The van der Waals surface area contributed by atoms with Crippen molar-refractivity contribution >= 4 is 35.0 Å². The van der Waals surface area contributed by atoms with Crippen LogP contribution in [0.4, 0.5) is 0 Å². The summed E-state index contributed by atoms with van der Waals surface area (Å²) in [5.74, 6) is -0.539. The fraction of sp³-hybridized carbons (Fsp3) is 0.500. The molecule has 2 rings (SSSR count). The summed E-state index contributed by atoms with van der Waals surface area (Å²) >= 11 is 11.1. The van der Waals surface area contributed by atoms with Crippen molar-refractivity contribution in [2.24, 2.45) is 0 Å². The zero-order chi connectivity index (χ0) is 14.5. The van der Waals surface area contributed by atoms with Crippen molar-refractivity contribution in [1.29, 1.82) is 0 Å². The zero-order valence-electron chi connectivity index (χ0n) is 10.6. The average molecular weight is 317 g/mol. The number of hydrogen-bond donors (Lipinski definition) is 1. The summed E-state index contributed by atoms with van der Waals surface area (Å²) in [5.41, 5.74) is 0.285. The number of aromatic nitrogens is 2. The third kappa shape index (κ3) is 3.80. The maximum atomic E-state index is 11.9. The van der Waals surface area contributed by atoms with Gasteiger partial charge in [-0.2, -0.15) is 0 Å². The molecular weight excluding hydrogens is 303 g/mol. The number of piperidine rings is 1. The Hall–Kier alpha value is -1.40. The fourth-order valence-electron chi connectivity index (χ4n) is 2.06. The van der Waals surface area contributed by atoms with Crippen LogP contribution in [0.25, 0.3) is 0 Å². The van der Waals surface area contributed by atoms with Gasteiger partial charge in [-0.15, -0.1) is 0 Å². The second kappa shape index (κ2) is 6.85. The average Bonchev–Trinajstić information content (AvgIpc) is 2.48. The van der Waals surface area contributed by atoms with Crippen LogP contribution >= 0.6 is 23.2 Å². The highest BCUT2D eigenvalue weighted by molar-refractivity contribution is 6.53. The van der Waals surface area contributed by atoms with E-state index in [1.54, 1.807) is 4.90 Å². The number of likely N-dealkylation sites (tertiary alicyclic amines) is 1. The molecule has 6 nitrogen and oxygen atoms in total. The SMILES string of the molecule is O=C(NC1CCN(C(=O)C(Cl)Cl)CC1)c1cnccn1. The first kappa shape index (κ1) is 15.0. The minimum atomic E-state index is -1.03. The molecule has 0 aliphatic carbocycles. The molecule has 1 aliphatic heterocycles. The Bertz CT molecular complexity index is 476. The second-order valence-corrected chi connectivity index (χ2v) is 5.56. The molecule has 2 heterocycles. The van der Waals surface area contributed by atoms with Crippen molar-refractivity contribution in [1.82, 2.24) is 20.2 Å². The van der Waals surface area contributed by atoms with Gasteiger partial charge in [-0.05, 0) is 12.8 Å². The van der Waals surface area contributed by atoms with Gasteiger partial charge in [-0.1, -0.05) is 23.2 Å². The van der Waals surface area contributed by atoms with Crippen LogP contribution in [0.2, 0.25) is 0 Å². The highest BCUT2D eigenvalue weighted by Gasteiger charge is 2.27. The maximum absolute atomic E-state index is 11.9. The zero-order valence-corrected chi connectivity index (χ0v) is 12.1. The van der Waals surface area contributed by atoms with Crippen molar-refractivity contribution in [3.8, 4) is 0 Å². The Morgan fingerprint density at radius 1 is 1.30 bits per heavy atom. The van der Waals surface area contributed by atoms with E-state index in [2.05, 4.69) is 15.3 Å². The van der Waals surface area contributed by atoms with Crippen LogP contribution in [-0.2, 0) is 4.79 Å². The molecule has 0 spiro atoms. The highest BCUT2D eigenvalue weighted by Crippen LogP contribution is 2.15. The Kier molecular flexibility index (Phi) is 5.14. The van der Waals surface area contributed by atoms with Crippen molar-refractivity contribution in [3.05, 3.63) is 24.3 Å². The molecule has 0 unspecified atom stereocenters. The maximum Gasteiger partial charge on any atom is 0.271 e. The number of nitrogens with zero attached hydrogens (tertiary/aromatic N) is 3. The van der Waals surface area contributed by atoms with Gasteiger partial charge in [0.1, 0.15) is 5.69 Å². The molecule has 2 amide bonds. The Morgan fingerprint density at radius 2 is 2.00 bits per heavy atom. The molecular formula is C12H14Cl2N4O2. The first-order valence-corrected chi connectivity index (χ1v) is 7.09. The summed E-state index contributed by atoms with van der Waals surface area (Å²) in [6.07, 6.45) is 5.73. The predicted molar refractivity (Wildman–Crippen MR) is 74.6 cm³/mol. The smallest absolute Gasteiger partial charge is 0.271 e. The van der Waals surface area contributed by atoms with Crippen molar-refractivity contribution in [2.45, 2.75) is 23.7 Å². The molecule has 108 valence electrons. The van der Waals surface area contributed by atoms with Crippen LogP contribution in [0, 0.1) is 0 Å². The van der Waals surface area contributed by atoms with Crippen molar-refractivity contribution in [3.63, 3.8) is 0 Å². The number of rotatable bonds is 3. The number of nitrogens with one attached hydrogen (secondary N) is 1. The third-order valence-electron chi connectivity index (χ3n) is 3.12. The molecule has 0 radical (unpaired) electrons. The standard InChI is InChI=1S/C12H14Cl2N4O2/c13-10(14)12(20)18-5-1-8(2-6-18)17-11(19)9-7-15-3-4-16-9/h3-4,7-8,10H,1-2,5-6H2,(H,17,19). The molecule has 1 saturated heterocycles. The minimum absolute atomic E-state index is 0.0117. The number of amides is 2. The number of carbonyl (C=O) groups is 2. The normalized spacial score (nSPS) is 16.2. The molecule has 1 aromatic heterocycles. The van der Waals surface area contributed by atoms with Gasteiger partial charge in [0.15, 0.2) is 4.84 Å². The van der Waals surface area contributed by atoms with Crippen molar-refractivity contribution in [2.75, 3.05) is 13.1 Å². The summed E-state index contributed by atoms with van der Waals surface area (Å²) in [6.45, 7) is 1.06. The molecule has 1 fully saturated rings. The monoisotopic (exact) mass is 316 g/mol. The van der Waals surface area contributed by atoms with Crippen LogP contribution in [0.5, 0.6) is 0 Å². The van der Waals surface area contributed by atoms with E-state index in [1.807, 2.05) is 0 Å². The van der Waals surface area contributed by atoms with Crippen LogP contribution in [0.1, 0.15) is 23.3 Å².